The average molecular weight is 208 g/mol. The number of hydrogen-bond donors (Lipinski definition) is 0. The molecule has 0 bridgehead atoms. The molecule has 2 nitrogen and oxygen atoms in total. The number of benzene rings is 1. The molecule has 15 heavy (non-hydrogen) atoms. The van der Waals surface area contributed by atoms with Crippen LogP contribution in [0, 0.1) is 20.8 Å². The van der Waals surface area contributed by atoms with Crippen molar-refractivity contribution in [1.82, 2.24) is 0 Å². The quantitative estimate of drug-likeness (QED) is 0.661. The van der Waals surface area contributed by atoms with Crippen LogP contribution >= 0.6 is 0 Å². The van der Waals surface area contributed by atoms with Gasteiger partial charge in [-0.25, -0.2) is 4.79 Å². The SMILES string of the molecule is CC.COC(=O)c1cc(C)cc(C)c1C. The van der Waals surface area contributed by atoms with Gasteiger partial charge in [0.1, 0.15) is 0 Å². The molecule has 0 fully saturated rings. The van der Waals surface area contributed by atoms with E-state index in [4.69, 9.17) is 0 Å². The van der Waals surface area contributed by atoms with Gasteiger partial charge in [0.25, 0.3) is 0 Å². The van der Waals surface area contributed by atoms with Crippen molar-refractivity contribution in [1.29, 1.82) is 0 Å². The number of hydrogen-bond acceptors (Lipinski definition) is 2. The zero-order valence-corrected chi connectivity index (χ0v) is 10.5. The second-order valence-electron chi connectivity index (χ2n) is 3.25. The first-order valence-corrected chi connectivity index (χ1v) is 5.22. The van der Waals surface area contributed by atoms with Gasteiger partial charge in [-0.15, -0.1) is 0 Å². The predicted molar refractivity (Wildman–Crippen MR) is 63.3 cm³/mol. The summed E-state index contributed by atoms with van der Waals surface area (Å²) in [7, 11) is 1.40. The standard InChI is InChI=1S/C11H14O2.C2H6/c1-7-5-8(2)9(3)10(6-7)11(12)13-4;1-2/h5-6H,1-4H3;1-2H3. The molecule has 0 aliphatic rings. The second kappa shape index (κ2) is 6.23. The summed E-state index contributed by atoms with van der Waals surface area (Å²) in [4.78, 5) is 11.3. The summed E-state index contributed by atoms with van der Waals surface area (Å²) in [5, 5.41) is 0. The molecule has 1 aromatic carbocycles. The number of ether oxygens (including phenoxy) is 1. The number of esters is 1. The lowest BCUT2D eigenvalue weighted by molar-refractivity contribution is 0.0599. The first-order chi connectivity index (χ1) is 7.06. The molecule has 0 amide bonds. The van der Waals surface area contributed by atoms with Crippen molar-refractivity contribution < 1.29 is 9.53 Å². The molecule has 0 N–H and O–H groups in total. The average Bonchev–Trinajstić information content (AvgIpc) is 2.25. The van der Waals surface area contributed by atoms with E-state index >= 15 is 0 Å². The number of aryl methyl sites for hydroxylation is 2. The summed E-state index contributed by atoms with van der Waals surface area (Å²) >= 11 is 0. The zero-order chi connectivity index (χ0) is 12.0. The summed E-state index contributed by atoms with van der Waals surface area (Å²) in [6.07, 6.45) is 0. The molecule has 1 aromatic rings. The van der Waals surface area contributed by atoms with Gasteiger partial charge in [0.05, 0.1) is 12.7 Å². The van der Waals surface area contributed by atoms with E-state index in [2.05, 4.69) is 10.8 Å². The van der Waals surface area contributed by atoms with Crippen LogP contribution in [0.15, 0.2) is 12.1 Å². The minimum absolute atomic E-state index is 0.260. The molecule has 0 spiro atoms. The third-order valence-corrected chi connectivity index (χ3v) is 2.22. The number of rotatable bonds is 1. The van der Waals surface area contributed by atoms with Crippen LogP contribution in [-0.4, -0.2) is 13.1 Å². The summed E-state index contributed by atoms with van der Waals surface area (Å²) < 4.78 is 4.69. The lowest BCUT2D eigenvalue weighted by Gasteiger charge is -2.07. The smallest absolute Gasteiger partial charge is 0.338 e. The molecule has 0 aliphatic carbocycles. The van der Waals surface area contributed by atoms with E-state index in [1.165, 1.54) is 7.11 Å². The Hall–Kier alpha value is -1.31. The van der Waals surface area contributed by atoms with Gasteiger partial charge in [-0.05, 0) is 43.5 Å². The van der Waals surface area contributed by atoms with Gasteiger partial charge in [-0.2, -0.15) is 0 Å². The van der Waals surface area contributed by atoms with Crippen LogP contribution in [0.25, 0.3) is 0 Å². The molecular weight excluding hydrogens is 188 g/mol. The van der Waals surface area contributed by atoms with E-state index in [0.717, 1.165) is 16.7 Å². The minimum Gasteiger partial charge on any atom is -0.465 e. The molecule has 1 rings (SSSR count). The van der Waals surface area contributed by atoms with Crippen molar-refractivity contribution in [3.63, 3.8) is 0 Å². The molecule has 0 heterocycles. The lowest BCUT2D eigenvalue weighted by atomic mass is 10.0. The van der Waals surface area contributed by atoms with Crippen LogP contribution in [0.3, 0.4) is 0 Å². The normalized spacial score (nSPS) is 8.93. The highest BCUT2D eigenvalue weighted by Gasteiger charge is 2.10. The molecule has 0 aromatic heterocycles. The largest absolute Gasteiger partial charge is 0.465 e. The Morgan fingerprint density at radius 2 is 1.67 bits per heavy atom. The Kier molecular flexibility index (Phi) is 5.68. The monoisotopic (exact) mass is 208 g/mol. The third-order valence-electron chi connectivity index (χ3n) is 2.22. The fourth-order valence-corrected chi connectivity index (χ4v) is 1.36. The fraction of sp³-hybridized carbons (Fsp3) is 0.462. The Bertz CT molecular complexity index is 341. The number of carbonyl (C=O) groups excluding carboxylic acids is 1. The molecule has 2 heteroatoms. The van der Waals surface area contributed by atoms with Crippen LogP contribution in [0.5, 0.6) is 0 Å². The van der Waals surface area contributed by atoms with Gasteiger partial charge in [0.2, 0.25) is 0 Å². The Morgan fingerprint density at radius 1 is 1.13 bits per heavy atom. The van der Waals surface area contributed by atoms with Crippen molar-refractivity contribution in [2.75, 3.05) is 7.11 Å². The van der Waals surface area contributed by atoms with Crippen LogP contribution < -0.4 is 0 Å². The second-order valence-corrected chi connectivity index (χ2v) is 3.25. The van der Waals surface area contributed by atoms with E-state index in [0.29, 0.717) is 5.56 Å². The highest BCUT2D eigenvalue weighted by molar-refractivity contribution is 5.91. The van der Waals surface area contributed by atoms with Crippen LogP contribution in [0.4, 0.5) is 0 Å². The summed E-state index contributed by atoms with van der Waals surface area (Å²) in [6, 6.07) is 3.91. The van der Waals surface area contributed by atoms with Crippen molar-refractivity contribution >= 4 is 5.97 Å². The van der Waals surface area contributed by atoms with Gasteiger partial charge in [-0.1, -0.05) is 19.9 Å². The van der Waals surface area contributed by atoms with Crippen molar-refractivity contribution in [3.05, 3.63) is 34.4 Å². The Labute approximate surface area is 92.3 Å². The first kappa shape index (κ1) is 13.7. The lowest BCUT2D eigenvalue weighted by Crippen LogP contribution is -2.05. The molecular formula is C13H20O2. The maximum Gasteiger partial charge on any atom is 0.338 e. The van der Waals surface area contributed by atoms with E-state index in [9.17, 15) is 4.79 Å². The summed E-state index contributed by atoms with van der Waals surface area (Å²) in [5.41, 5.74) is 3.88. The van der Waals surface area contributed by atoms with Gasteiger partial charge < -0.3 is 4.74 Å². The van der Waals surface area contributed by atoms with E-state index in [-0.39, 0.29) is 5.97 Å². The van der Waals surface area contributed by atoms with Gasteiger partial charge in [0.15, 0.2) is 0 Å². The van der Waals surface area contributed by atoms with Crippen molar-refractivity contribution in [2.24, 2.45) is 0 Å². The number of carbonyl (C=O) groups is 1. The van der Waals surface area contributed by atoms with Crippen molar-refractivity contribution in [3.8, 4) is 0 Å². The van der Waals surface area contributed by atoms with Crippen LogP contribution in [0.2, 0.25) is 0 Å². The highest BCUT2D eigenvalue weighted by atomic mass is 16.5. The first-order valence-electron chi connectivity index (χ1n) is 5.22. The summed E-state index contributed by atoms with van der Waals surface area (Å²) in [6.45, 7) is 9.90. The minimum atomic E-state index is -0.260. The molecule has 0 atom stereocenters. The molecule has 0 unspecified atom stereocenters. The van der Waals surface area contributed by atoms with Crippen molar-refractivity contribution in [2.45, 2.75) is 34.6 Å². The van der Waals surface area contributed by atoms with Gasteiger partial charge in [0, 0.05) is 0 Å². The van der Waals surface area contributed by atoms with Gasteiger partial charge in [-0.3, -0.25) is 0 Å². The molecule has 0 aliphatic heterocycles. The summed E-state index contributed by atoms with van der Waals surface area (Å²) in [5.74, 6) is -0.260. The van der Waals surface area contributed by atoms with E-state index < -0.39 is 0 Å². The Morgan fingerprint density at radius 3 is 2.13 bits per heavy atom. The number of methoxy groups -OCH3 is 1. The van der Waals surface area contributed by atoms with Gasteiger partial charge >= 0.3 is 5.97 Å². The highest BCUT2D eigenvalue weighted by Crippen LogP contribution is 2.16. The predicted octanol–water partition coefficient (Wildman–Crippen LogP) is 3.42. The van der Waals surface area contributed by atoms with E-state index in [1.54, 1.807) is 0 Å². The topological polar surface area (TPSA) is 26.3 Å². The third kappa shape index (κ3) is 3.39. The van der Waals surface area contributed by atoms with Crippen LogP contribution in [-0.2, 0) is 4.74 Å². The zero-order valence-electron chi connectivity index (χ0n) is 10.5. The fourth-order valence-electron chi connectivity index (χ4n) is 1.36. The van der Waals surface area contributed by atoms with Crippen LogP contribution in [0.1, 0.15) is 40.9 Å². The maximum atomic E-state index is 11.3. The maximum absolute atomic E-state index is 11.3. The molecule has 0 saturated carbocycles. The van der Waals surface area contributed by atoms with E-state index in [1.807, 2.05) is 40.7 Å². The Balaban J connectivity index is 0.000000921. The molecule has 0 saturated heterocycles. The molecule has 0 radical (unpaired) electrons. The molecule has 84 valence electrons.